The summed E-state index contributed by atoms with van der Waals surface area (Å²) in [5, 5.41) is 15.0. The maximum Gasteiger partial charge on any atom is 0.329 e. The lowest BCUT2D eigenvalue weighted by Gasteiger charge is -1.94. The fourth-order valence-corrected chi connectivity index (χ4v) is 2.03. The van der Waals surface area contributed by atoms with Crippen molar-refractivity contribution in [1.82, 2.24) is 15.1 Å². The summed E-state index contributed by atoms with van der Waals surface area (Å²) in [5.41, 5.74) is 0.962. The Morgan fingerprint density at radius 2 is 2.39 bits per heavy atom. The van der Waals surface area contributed by atoms with Gasteiger partial charge in [-0.05, 0) is 6.92 Å². The number of ether oxygens (including phenoxy) is 1. The third-order valence-corrected chi connectivity index (χ3v) is 2.90. The molecule has 2 heterocycles. The first-order valence-corrected chi connectivity index (χ1v) is 6.03. The topological polar surface area (TPSA) is 98.3 Å². The van der Waals surface area contributed by atoms with Crippen LogP contribution in [0.5, 0.6) is 0 Å². The van der Waals surface area contributed by atoms with Crippen LogP contribution in [-0.2, 0) is 22.6 Å². The summed E-state index contributed by atoms with van der Waals surface area (Å²) in [6.07, 6.45) is 0.501. The van der Waals surface area contributed by atoms with Gasteiger partial charge in [-0.15, -0.1) is 11.3 Å². The van der Waals surface area contributed by atoms with Crippen LogP contribution in [0.25, 0.3) is 0 Å². The molecule has 96 valence electrons. The zero-order valence-corrected chi connectivity index (χ0v) is 10.4. The summed E-state index contributed by atoms with van der Waals surface area (Å²) < 4.78 is 9.76. The second kappa shape index (κ2) is 5.69. The zero-order chi connectivity index (χ0) is 13.0. The molecule has 18 heavy (non-hydrogen) atoms. The van der Waals surface area contributed by atoms with Crippen molar-refractivity contribution in [2.75, 3.05) is 6.61 Å². The van der Waals surface area contributed by atoms with Crippen molar-refractivity contribution in [3.05, 3.63) is 27.8 Å². The van der Waals surface area contributed by atoms with Gasteiger partial charge < -0.3 is 14.4 Å². The molecule has 0 aliphatic rings. The molecule has 7 nitrogen and oxygen atoms in total. The van der Waals surface area contributed by atoms with E-state index >= 15 is 0 Å². The van der Waals surface area contributed by atoms with E-state index in [-0.39, 0.29) is 19.1 Å². The number of hydrogen-bond donors (Lipinski definition) is 1. The molecule has 0 aliphatic carbocycles. The Bertz CT molecular complexity index is 537. The number of carboxylic acids is 1. The minimum Gasteiger partial charge on any atom is -0.480 e. The first-order valence-electron chi connectivity index (χ1n) is 5.15. The minimum absolute atomic E-state index is 0.00377. The lowest BCUT2D eigenvalue weighted by atomic mass is 10.4. The SMILES string of the molecule is Cc1csc(Cc2noc(COCC(=O)O)n2)n1. The molecule has 0 saturated heterocycles. The van der Waals surface area contributed by atoms with Gasteiger partial charge in [0, 0.05) is 11.1 Å². The Labute approximate surface area is 106 Å². The van der Waals surface area contributed by atoms with Gasteiger partial charge in [-0.1, -0.05) is 5.16 Å². The molecule has 1 N–H and O–H groups in total. The molecule has 8 heteroatoms. The maximum atomic E-state index is 10.2. The van der Waals surface area contributed by atoms with Crippen molar-refractivity contribution in [3.63, 3.8) is 0 Å². The van der Waals surface area contributed by atoms with Crippen molar-refractivity contribution in [2.24, 2.45) is 0 Å². The molecule has 2 aromatic rings. The highest BCUT2D eigenvalue weighted by Gasteiger charge is 2.09. The molecule has 0 unspecified atom stereocenters. The monoisotopic (exact) mass is 269 g/mol. The highest BCUT2D eigenvalue weighted by molar-refractivity contribution is 7.09. The Kier molecular flexibility index (Phi) is 4.00. The number of aromatic nitrogens is 3. The normalized spacial score (nSPS) is 10.7. The quantitative estimate of drug-likeness (QED) is 0.836. The van der Waals surface area contributed by atoms with E-state index < -0.39 is 5.97 Å². The number of nitrogens with zero attached hydrogens (tertiary/aromatic N) is 3. The molecular weight excluding hydrogens is 258 g/mol. The number of thiazole rings is 1. The lowest BCUT2D eigenvalue weighted by molar-refractivity contribution is -0.142. The smallest absolute Gasteiger partial charge is 0.329 e. The summed E-state index contributed by atoms with van der Waals surface area (Å²) in [6.45, 7) is 1.53. The van der Waals surface area contributed by atoms with E-state index in [4.69, 9.17) is 14.4 Å². The lowest BCUT2D eigenvalue weighted by Crippen LogP contribution is -2.06. The van der Waals surface area contributed by atoms with Gasteiger partial charge in [-0.25, -0.2) is 9.78 Å². The van der Waals surface area contributed by atoms with E-state index in [0.29, 0.717) is 12.2 Å². The van der Waals surface area contributed by atoms with Crippen molar-refractivity contribution in [3.8, 4) is 0 Å². The number of hydrogen-bond acceptors (Lipinski definition) is 7. The second-order valence-corrected chi connectivity index (χ2v) is 4.49. The minimum atomic E-state index is -1.03. The number of carbonyl (C=O) groups is 1. The van der Waals surface area contributed by atoms with Crippen LogP contribution >= 0.6 is 11.3 Å². The third kappa shape index (κ3) is 3.60. The van der Waals surface area contributed by atoms with Crippen molar-refractivity contribution >= 4 is 17.3 Å². The Morgan fingerprint density at radius 3 is 3.06 bits per heavy atom. The van der Waals surface area contributed by atoms with E-state index in [0.717, 1.165) is 10.7 Å². The van der Waals surface area contributed by atoms with Gasteiger partial charge in [0.25, 0.3) is 5.89 Å². The van der Waals surface area contributed by atoms with Crippen LogP contribution in [0.4, 0.5) is 0 Å². The molecule has 0 aliphatic heterocycles. The van der Waals surface area contributed by atoms with Gasteiger partial charge >= 0.3 is 5.97 Å². The zero-order valence-electron chi connectivity index (χ0n) is 9.62. The molecule has 0 bridgehead atoms. The van der Waals surface area contributed by atoms with Crippen molar-refractivity contribution < 1.29 is 19.2 Å². The van der Waals surface area contributed by atoms with Gasteiger partial charge in [0.15, 0.2) is 5.82 Å². The Balaban J connectivity index is 1.88. The van der Waals surface area contributed by atoms with E-state index in [1.807, 2.05) is 12.3 Å². The number of aryl methyl sites for hydroxylation is 1. The predicted octanol–water partition coefficient (Wildman–Crippen LogP) is 1.03. The van der Waals surface area contributed by atoms with E-state index in [1.165, 1.54) is 11.3 Å². The molecule has 0 saturated carbocycles. The van der Waals surface area contributed by atoms with Crippen LogP contribution in [0, 0.1) is 6.92 Å². The van der Waals surface area contributed by atoms with E-state index in [2.05, 4.69) is 15.1 Å². The first-order chi connectivity index (χ1) is 8.63. The van der Waals surface area contributed by atoms with Crippen LogP contribution in [-0.4, -0.2) is 32.8 Å². The molecule has 0 spiro atoms. The molecule has 0 atom stereocenters. The van der Waals surface area contributed by atoms with Gasteiger partial charge in [0.05, 0.1) is 6.42 Å². The average molecular weight is 269 g/mol. The fraction of sp³-hybridized carbons (Fsp3) is 0.400. The largest absolute Gasteiger partial charge is 0.480 e. The molecule has 0 amide bonds. The van der Waals surface area contributed by atoms with Crippen LogP contribution in [0.1, 0.15) is 22.4 Å². The summed E-state index contributed by atoms with van der Waals surface area (Å²) in [6, 6.07) is 0. The standard InChI is InChI=1S/C10H11N3O4S/c1-6-5-18-9(11-6)2-7-12-8(17-13-7)3-16-4-10(14)15/h5H,2-4H2,1H3,(H,14,15). The van der Waals surface area contributed by atoms with Crippen LogP contribution in [0.2, 0.25) is 0 Å². The van der Waals surface area contributed by atoms with Gasteiger partial charge in [0.2, 0.25) is 0 Å². The van der Waals surface area contributed by atoms with E-state index in [9.17, 15) is 4.79 Å². The predicted molar refractivity (Wildman–Crippen MR) is 61.2 cm³/mol. The molecule has 0 fully saturated rings. The number of rotatable bonds is 6. The van der Waals surface area contributed by atoms with E-state index in [1.54, 1.807) is 0 Å². The fourth-order valence-electron chi connectivity index (χ4n) is 1.27. The van der Waals surface area contributed by atoms with Crippen LogP contribution < -0.4 is 0 Å². The summed E-state index contributed by atoms with van der Waals surface area (Å²) >= 11 is 1.53. The second-order valence-electron chi connectivity index (χ2n) is 3.55. The summed E-state index contributed by atoms with van der Waals surface area (Å²) in [5.74, 6) is -0.259. The number of carboxylic acid groups (broad SMARTS) is 1. The maximum absolute atomic E-state index is 10.2. The summed E-state index contributed by atoms with van der Waals surface area (Å²) in [7, 11) is 0. The Hall–Kier alpha value is -1.80. The molecular formula is C10H11N3O4S. The van der Waals surface area contributed by atoms with Gasteiger partial charge in [-0.2, -0.15) is 4.98 Å². The highest BCUT2D eigenvalue weighted by Crippen LogP contribution is 2.12. The molecule has 2 aromatic heterocycles. The van der Waals surface area contributed by atoms with Crippen molar-refractivity contribution in [2.45, 2.75) is 20.0 Å². The van der Waals surface area contributed by atoms with Gasteiger partial charge in [-0.3, -0.25) is 0 Å². The van der Waals surface area contributed by atoms with Crippen LogP contribution in [0.15, 0.2) is 9.90 Å². The Morgan fingerprint density at radius 1 is 1.56 bits per heavy atom. The third-order valence-electron chi connectivity index (χ3n) is 1.94. The molecule has 0 aromatic carbocycles. The van der Waals surface area contributed by atoms with Crippen molar-refractivity contribution in [1.29, 1.82) is 0 Å². The highest BCUT2D eigenvalue weighted by atomic mass is 32.1. The summed E-state index contributed by atoms with van der Waals surface area (Å²) in [4.78, 5) is 18.6. The van der Waals surface area contributed by atoms with Gasteiger partial charge in [0.1, 0.15) is 18.2 Å². The first kappa shape index (κ1) is 12.7. The van der Waals surface area contributed by atoms with Crippen LogP contribution in [0.3, 0.4) is 0 Å². The average Bonchev–Trinajstić information content (AvgIpc) is 2.89. The molecule has 2 rings (SSSR count). The molecule has 0 radical (unpaired) electrons. The number of aliphatic carboxylic acids is 1.